The van der Waals surface area contributed by atoms with Crippen molar-refractivity contribution in [1.29, 1.82) is 0 Å². The number of rotatable bonds is 6. The van der Waals surface area contributed by atoms with Gasteiger partial charge in [0.1, 0.15) is 12.1 Å². The Balaban J connectivity index is 1.29. The van der Waals surface area contributed by atoms with Crippen LogP contribution in [-0.4, -0.2) is 51.2 Å². The Kier molecular flexibility index (Phi) is 5.10. The molecular formula is C20H24N6O2. The molecule has 1 saturated heterocycles. The van der Waals surface area contributed by atoms with E-state index in [-0.39, 0.29) is 18.6 Å². The topological polar surface area (TPSA) is 84.7 Å². The summed E-state index contributed by atoms with van der Waals surface area (Å²) in [6.07, 6.45) is 6.06. The molecule has 8 heteroatoms. The van der Waals surface area contributed by atoms with Gasteiger partial charge >= 0.3 is 0 Å². The summed E-state index contributed by atoms with van der Waals surface area (Å²) in [6, 6.07) is 7.94. The van der Waals surface area contributed by atoms with E-state index < -0.39 is 0 Å². The Morgan fingerprint density at radius 3 is 2.93 bits per heavy atom. The van der Waals surface area contributed by atoms with Crippen LogP contribution in [0.25, 0.3) is 5.65 Å². The van der Waals surface area contributed by atoms with Gasteiger partial charge in [-0.1, -0.05) is 26.0 Å². The molecule has 28 heavy (non-hydrogen) atoms. The third-order valence-corrected chi connectivity index (χ3v) is 4.97. The van der Waals surface area contributed by atoms with E-state index in [1.165, 1.54) is 5.56 Å². The van der Waals surface area contributed by atoms with E-state index in [1.54, 1.807) is 12.5 Å². The zero-order valence-corrected chi connectivity index (χ0v) is 16.1. The van der Waals surface area contributed by atoms with Crippen molar-refractivity contribution in [3.63, 3.8) is 0 Å². The molecule has 146 valence electrons. The Labute approximate surface area is 163 Å². The number of carbonyl (C=O) groups is 1. The number of nitrogens with zero attached hydrogens (tertiary/aromatic N) is 5. The van der Waals surface area contributed by atoms with Crippen molar-refractivity contribution in [2.75, 3.05) is 24.6 Å². The SMILES string of the molecule is CC(C)c1ccc(OCC(=O)NC2CCN(c3nccn4cnnc34)C2)cc1. The number of hydrogen-bond donors (Lipinski definition) is 1. The fourth-order valence-electron chi connectivity index (χ4n) is 3.41. The zero-order chi connectivity index (χ0) is 19.5. The van der Waals surface area contributed by atoms with E-state index in [0.717, 1.165) is 24.4 Å². The van der Waals surface area contributed by atoms with E-state index in [0.29, 0.717) is 18.2 Å². The average Bonchev–Trinajstić information content (AvgIpc) is 3.35. The van der Waals surface area contributed by atoms with E-state index in [9.17, 15) is 4.79 Å². The molecule has 1 N–H and O–H groups in total. The van der Waals surface area contributed by atoms with Gasteiger partial charge in [-0.05, 0) is 30.0 Å². The zero-order valence-electron chi connectivity index (χ0n) is 16.1. The van der Waals surface area contributed by atoms with E-state index in [2.05, 4.69) is 39.2 Å². The van der Waals surface area contributed by atoms with Gasteiger partial charge in [0.05, 0.1) is 0 Å². The largest absolute Gasteiger partial charge is 0.484 e. The lowest BCUT2D eigenvalue weighted by Crippen LogP contribution is -2.39. The molecule has 0 bridgehead atoms. The third-order valence-electron chi connectivity index (χ3n) is 4.97. The minimum Gasteiger partial charge on any atom is -0.484 e. The fourth-order valence-corrected chi connectivity index (χ4v) is 3.41. The van der Waals surface area contributed by atoms with Crippen LogP contribution in [0.3, 0.4) is 0 Å². The van der Waals surface area contributed by atoms with Gasteiger partial charge in [-0.2, -0.15) is 0 Å². The van der Waals surface area contributed by atoms with Gasteiger partial charge in [0.2, 0.25) is 5.65 Å². The molecule has 1 aliphatic rings. The van der Waals surface area contributed by atoms with Crippen LogP contribution >= 0.6 is 0 Å². The molecule has 1 aliphatic heterocycles. The number of carbonyl (C=O) groups excluding carboxylic acids is 1. The molecule has 1 amide bonds. The predicted molar refractivity (Wildman–Crippen MR) is 106 cm³/mol. The summed E-state index contributed by atoms with van der Waals surface area (Å²) in [7, 11) is 0. The van der Waals surface area contributed by atoms with Crippen LogP contribution in [0.1, 0.15) is 31.7 Å². The molecule has 4 rings (SSSR count). The molecule has 1 aromatic carbocycles. The highest BCUT2D eigenvalue weighted by molar-refractivity contribution is 5.78. The standard InChI is InChI=1S/C20H24N6O2/c1-14(2)15-3-5-17(6-4-15)28-12-18(27)23-16-7-9-25(11-16)19-20-24-22-13-26(20)10-8-21-19/h3-6,8,10,13-14,16H,7,9,11-12H2,1-2H3,(H,23,27). The van der Waals surface area contributed by atoms with Crippen LogP contribution in [-0.2, 0) is 4.79 Å². The monoisotopic (exact) mass is 380 g/mol. The first-order chi connectivity index (χ1) is 13.6. The van der Waals surface area contributed by atoms with Crippen molar-refractivity contribution >= 4 is 17.4 Å². The van der Waals surface area contributed by atoms with E-state index in [4.69, 9.17) is 4.74 Å². The molecule has 3 aromatic rings. The summed E-state index contributed by atoms with van der Waals surface area (Å²) in [6.45, 7) is 5.80. The number of amides is 1. The summed E-state index contributed by atoms with van der Waals surface area (Å²) in [4.78, 5) is 18.8. The van der Waals surface area contributed by atoms with Crippen molar-refractivity contribution < 1.29 is 9.53 Å². The maximum Gasteiger partial charge on any atom is 0.258 e. The summed E-state index contributed by atoms with van der Waals surface area (Å²) in [5, 5.41) is 11.1. The number of aromatic nitrogens is 4. The van der Waals surface area contributed by atoms with Crippen LogP contribution in [0, 0.1) is 0 Å². The van der Waals surface area contributed by atoms with Gasteiger partial charge < -0.3 is 15.0 Å². The third kappa shape index (κ3) is 3.90. The van der Waals surface area contributed by atoms with Gasteiger partial charge in [0.25, 0.3) is 5.91 Å². The van der Waals surface area contributed by atoms with Crippen molar-refractivity contribution in [3.8, 4) is 5.75 Å². The second-order valence-corrected chi connectivity index (χ2v) is 7.32. The number of fused-ring (bicyclic) bond motifs is 1. The molecular weight excluding hydrogens is 356 g/mol. The molecule has 1 atom stereocenters. The molecule has 0 spiro atoms. The maximum atomic E-state index is 12.3. The first-order valence-electron chi connectivity index (χ1n) is 9.51. The smallest absolute Gasteiger partial charge is 0.258 e. The minimum absolute atomic E-state index is 0.00946. The normalized spacial score (nSPS) is 16.7. The summed E-state index contributed by atoms with van der Waals surface area (Å²) >= 11 is 0. The Morgan fingerprint density at radius 2 is 2.14 bits per heavy atom. The second kappa shape index (κ2) is 7.84. The van der Waals surface area contributed by atoms with Crippen LogP contribution in [0.2, 0.25) is 0 Å². The highest BCUT2D eigenvalue weighted by Crippen LogP contribution is 2.22. The number of anilines is 1. The number of ether oxygens (including phenoxy) is 1. The molecule has 0 radical (unpaired) electrons. The van der Waals surface area contributed by atoms with Gasteiger partial charge in [-0.15, -0.1) is 10.2 Å². The second-order valence-electron chi connectivity index (χ2n) is 7.32. The van der Waals surface area contributed by atoms with E-state index in [1.807, 2.05) is 34.9 Å². The molecule has 0 aliphatic carbocycles. The van der Waals surface area contributed by atoms with Gasteiger partial charge in [-0.3, -0.25) is 9.20 Å². The van der Waals surface area contributed by atoms with Crippen LogP contribution < -0.4 is 15.0 Å². The Hall–Kier alpha value is -3.16. The summed E-state index contributed by atoms with van der Waals surface area (Å²) < 4.78 is 7.45. The molecule has 3 heterocycles. The van der Waals surface area contributed by atoms with Crippen molar-refractivity contribution in [2.24, 2.45) is 0 Å². The highest BCUT2D eigenvalue weighted by Gasteiger charge is 2.26. The van der Waals surface area contributed by atoms with Crippen LogP contribution in [0.5, 0.6) is 5.75 Å². The molecule has 0 saturated carbocycles. The molecule has 8 nitrogen and oxygen atoms in total. The quantitative estimate of drug-likeness (QED) is 0.704. The lowest BCUT2D eigenvalue weighted by molar-refractivity contribution is -0.123. The first kappa shape index (κ1) is 18.2. The molecule has 2 aromatic heterocycles. The predicted octanol–water partition coefficient (Wildman–Crippen LogP) is 2.02. The molecule has 1 fully saturated rings. The maximum absolute atomic E-state index is 12.3. The first-order valence-corrected chi connectivity index (χ1v) is 9.51. The van der Waals surface area contributed by atoms with E-state index >= 15 is 0 Å². The summed E-state index contributed by atoms with van der Waals surface area (Å²) in [5.74, 6) is 1.85. The highest BCUT2D eigenvalue weighted by atomic mass is 16.5. The lowest BCUT2D eigenvalue weighted by atomic mass is 10.0. The van der Waals surface area contributed by atoms with Crippen molar-refractivity contribution in [2.45, 2.75) is 32.2 Å². The van der Waals surface area contributed by atoms with Crippen molar-refractivity contribution in [1.82, 2.24) is 24.9 Å². The Morgan fingerprint density at radius 1 is 1.32 bits per heavy atom. The van der Waals surface area contributed by atoms with Crippen LogP contribution in [0.15, 0.2) is 43.0 Å². The van der Waals surface area contributed by atoms with Gasteiger partial charge in [0.15, 0.2) is 12.4 Å². The lowest BCUT2D eigenvalue weighted by Gasteiger charge is -2.18. The number of nitrogens with one attached hydrogen (secondary N) is 1. The van der Waals surface area contributed by atoms with Crippen molar-refractivity contribution in [3.05, 3.63) is 48.5 Å². The number of benzene rings is 1. The average molecular weight is 380 g/mol. The van der Waals surface area contributed by atoms with Gasteiger partial charge in [-0.25, -0.2) is 4.98 Å². The van der Waals surface area contributed by atoms with Crippen LogP contribution in [0.4, 0.5) is 5.82 Å². The summed E-state index contributed by atoms with van der Waals surface area (Å²) in [5.41, 5.74) is 1.97. The minimum atomic E-state index is -0.117. The van der Waals surface area contributed by atoms with Gasteiger partial charge in [0, 0.05) is 31.5 Å². The fraction of sp³-hybridized carbons (Fsp3) is 0.400. The molecule has 1 unspecified atom stereocenters. The Bertz CT molecular complexity index is 953. The number of hydrogen-bond acceptors (Lipinski definition) is 6.